The Hall–Kier alpha value is -2.40. The molecule has 0 radical (unpaired) electrons. The van der Waals surface area contributed by atoms with E-state index in [9.17, 15) is 20.3 Å². The first-order valence-electron chi connectivity index (χ1n) is 9.84. The average Bonchev–Trinajstić information content (AvgIpc) is 3.50. The Kier molecular flexibility index (Phi) is 6.09. The third kappa shape index (κ3) is 4.51. The summed E-state index contributed by atoms with van der Waals surface area (Å²) in [5.74, 6) is -0.0714. The number of nitrogens with zero attached hydrogens (tertiary/aromatic N) is 1. The van der Waals surface area contributed by atoms with Crippen molar-refractivity contribution >= 4 is 35.2 Å². The van der Waals surface area contributed by atoms with Crippen LogP contribution in [0.4, 0.5) is 5.69 Å². The summed E-state index contributed by atoms with van der Waals surface area (Å²) in [4.78, 5) is 12.2. The van der Waals surface area contributed by atoms with Gasteiger partial charge in [-0.3, -0.25) is 0 Å². The largest absolute Gasteiger partial charge is 0.485 e. The van der Waals surface area contributed by atoms with Crippen molar-refractivity contribution in [2.24, 2.45) is 0 Å². The molecule has 0 amide bonds. The van der Waals surface area contributed by atoms with E-state index >= 15 is 0 Å². The van der Waals surface area contributed by atoms with Crippen molar-refractivity contribution in [3.8, 4) is 11.8 Å². The van der Waals surface area contributed by atoms with Gasteiger partial charge in [0.1, 0.15) is 17.9 Å². The number of anilines is 1. The van der Waals surface area contributed by atoms with Crippen LogP contribution in [0.15, 0.2) is 35.2 Å². The summed E-state index contributed by atoms with van der Waals surface area (Å²) in [7, 11) is 0. The lowest BCUT2D eigenvalue weighted by molar-refractivity contribution is 0.0609. The molecule has 3 N–H and O–H groups in total. The van der Waals surface area contributed by atoms with E-state index in [1.54, 1.807) is 24.3 Å². The quantitative estimate of drug-likeness (QED) is 0.504. The molecule has 0 aliphatic heterocycles. The molecule has 2 aromatic rings. The van der Waals surface area contributed by atoms with Crippen molar-refractivity contribution in [3.05, 3.63) is 52.0 Å². The lowest BCUT2D eigenvalue weighted by Crippen LogP contribution is -2.25. The Morgan fingerprint density at radius 3 is 2.67 bits per heavy atom. The maximum Gasteiger partial charge on any atom is 0.335 e. The minimum absolute atomic E-state index is 0.225. The normalized spacial score (nSPS) is 20.6. The molecule has 30 heavy (non-hydrogen) atoms. The molecule has 0 saturated heterocycles. The molecule has 2 fully saturated rings. The second-order valence-corrected chi connectivity index (χ2v) is 8.89. The van der Waals surface area contributed by atoms with E-state index in [4.69, 9.17) is 16.3 Å². The van der Waals surface area contributed by atoms with Gasteiger partial charge in [0.2, 0.25) is 0 Å². The first kappa shape index (κ1) is 20.9. The van der Waals surface area contributed by atoms with Crippen LogP contribution in [0, 0.1) is 11.3 Å². The number of carbonyl (C=O) groups is 1. The van der Waals surface area contributed by atoms with E-state index in [0.29, 0.717) is 29.3 Å². The molecule has 2 aliphatic rings. The Labute approximate surface area is 183 Å². The number of halogens is 1. The van der Waals surface area contributed by atoms with Gasteiger partial charge in [-0.15, -0.1) is 0 Å². The minimum atomic E-state index is -0.975. The second-order valence-electron chi connectivity index (χ2n) is 7.63. The maximum absolute atomic E-state index is 11.4. The Morgan fingerprint density at radius 2 is 2.03 bits per heavy atom. The van der Waals surface area contributed by atoms with Crippen molar-refractivity contribution in [1.29, 1.82) is 5.26 Å². The van der Waals surface area contributed by atoms with Crippen LogP contribution in [0.5, 0.6) is 5.75 Å². The van der Waals surface area contributed by atoms with Gasteiger partial charge in [-0.2, -0.15) is 5.26 Å². The summed E-state index contributed by atoms with van der Waals surface area (Å²) in [5, 5.41) is 29.1. The fourth-order valence-corrected chi connectivity index (χ4v) is 4.74. The number of aliphatic hydroxyl groups excluding tert-OH is 1. The summed E-state index contributed by atoms with van der Waals surface area (Å²) in [6.07, 6.45) is 3.66. The van der Waals surface area contributed by atoms with E-state index in [2.05, 4.69) is 10.8 Å². The van der Waals surface area contributed by atoms with Gasteiger partial charge in [0, 0.05) is 11.0 Å². The highest BCUT2D eigenvalue weighted by atomic mass is 35.5. The van der Waals surface area contributed by atoms with Crippen LogP contribution in [-0.2, 0) is 0 Å². The van der Waals surface area contributed by atoms with Gasteiger partial charge in [0.15, 0.2) is 0 Å². The third-order valence-corrected chi connectivity index (χ3v) is 6.64. The molecule has 2 atom stereocenters. The summed E-state index contributed by atoms with van der Waals surface area (Å²) in [5.41, 5.74) is 2.20. The zero-order valence-electron chi connectivity index (χ0n) is 16.1. The van der Waals surface area contributed by atoms with E-state index < -0.39 is 12.1 Å². The lowest BCUT2D eigenvalue weighted by Gasteiger charge is -2.21. The zero-order valence-corrected chi connectivity index (χ0v) is 17.7. The van der Waals surface area contributed by atoms with Gasteiger partial charge in [0.25, 0.3) is 0 Å². The first-order valence-corrected chi connectivity index (χ1v) is 11.0. The monoisotopic (exact) mass is 444 g/mol. The summed E-state index contributed by atoms with van der Waals surface area (Å²) >= 11 is 7.50. The van der Waals surface area contributed by atoms with Gasteiger partial charge < -0.3 is 19.7 Å². The molecule has 2 saturated carbocycles. The van der Waals surface area contributed by atoms with Gasteiger partial charge in [-0.05, 0) is 73.7 Å². The first-order chi connectivity index (χ1) is 14.5. The lowest BCUT2D eigenvalue weighted by atomic mass is 10.1. The van der Waals surface area contributed by atoms with Crippen LogP contribution in [0.25, 0.3) is 0 Å². The van der Waals surface area contributed by atoms with Crippen LogP contribution in [0.3, 0.4) is 0 Å². The predicted molar refractivity (Wildman–Crippen MR) is 115 cm³/mol. The van der Waals surface area contributed by atoms with Crippen molar-refractivity contribution < 1.29 is 19.7 Å². The smallest absolute Gasteiger partial charge is 0.335 e. The van der Waals surface area contributed by atoms with Crippen molar-refractivity contribution in [2.45, 2.75) is 55.1 Å². The molecule has 0 aromatic heterocycles. The number of aromatic carboxylic acids is 1. The van der Waals surface area contributed by atoms with E-state index in [-0.39, 0.29) is 16.7 Å². The zero-order chi connectivity index (χ0) is 21.3. The molecule has 156 valence electrons. The molecule has 8 heteroatoms. The number of nitriles is 1. The molecule has 0 heterocycles. The van der Waals surface area contributed by atoms with Crippen molar-refractivity contribution in [2.75, 3.05) is 4.72 Å². The van der Waals surface area contributed by atoms with Gasteiger partial charge in [0.05, 0.1) is 27.9 Å². The summed E-state index contributed by atoms with van der Waals surface area (Å²) < 4.78 is 9.24. The molecule has 4 rings (SSSR count). The number of benzene rings is 2. The number of hydrogen-bond acceptors (Lipinski definition) is 6. The molecule has 6 nitrogen and oxygen atoms in total. The van der Waals surface area contributed by atoms with E-state index in [1.165, 1.54) is 11.9 Å². The second kappa shape index (κ2) is 8.76. The Balaban J connectivity index is 1.61. The summed E-state index contributed by atoms with van der Waals surface area (Å²) in [6.45, 7) is 0. The molecular weight excluding hydrogens is 424 g/mol. The topological polar surface area (TPSA) is 103 Å². The Morgan fingerprint density at radius 1 is 1.23 bits per heavy atom. The number of rotatable bonds is 7. The maximum atomic E-state index is 11.4. The number of aliphatic hydroxyl groups is 1. The highest BCUT2D eigenvalue weighted by molar-refractivity contribution is 8.00. The Bertz CT molecular complexity index is 1020. The number of carboxylic acids is 1. The van der Waals surface area contributed by atoms with E-state index in [0.717, 1.165) is 36.1 Å². The molecule has 2 aromatic carbocycles. The summed E-state index contributed by atoms with van der Waals surface area (Å²) in [6, 6.07) is 10.4. The molecule has 0 spiro atoms. The van der Waals surface area contributed by atoms with E-state index in [1.807, 2.05) is 6.07 Å². The highest BCUT2D eigenvalue weighted by Crippen LogP contribution is 2.45. The predicted octanol–water partition coefficient (Wildman–Crippen LogP) is 5.20. The van der Waals surface area contributed by atoms with Crippen LogP contribution in [0.1, 0.15) is 59.5 Å². The molecular formula is C22H21ClN2O4S. The number of ether oxygens (including phenoxy) is 1. The van der Waals surface area contributed by atoms with Gasteiger partial charge >= 0.3 is 5.97 Å². The SMILES string of the molecule is N#Cc1cc(NSc2cc(C(=O)O)ccc2C2CC2)c(OC2CCCC2O)cc1Cl. The van der Waals surface area contributed by atoms with Crippen LogP contribution in [-0.4, -0.2) is 28.4 Å². The van der Waals surface area contributed by atoms with Crippen LogP contribution >= 0.6 is 23.5 Å². The third-order valence-electron chi connectivity index (χ3n) is 5.43. The fraction of sp³-hybridized carbons (Fsp3) is 0.364. The number of nitrogens with one attached hydrogen (secondary N) is 1. The standard InChI is InChI=1S/C22H21ClN2O4S/c23-16-10-20(29-19-3-1-2-18(19)26)17(8-14(16)11-24)25-30-21-9-13(22(27)28)6-7-15(21)12-4-5-12/h6-10,12,18-19,25-26H,1-5H2,(H,27,28). The van der Waals surface area contributed by atoms with Gasteiger partial charge in [-0.1, -0.05) is 17.7 Å². The molecule has 2 unspecified atom stereocenters. The van der Waals surface area contributed by atoms with Crippen molar-refractivity contribution in [3.63, 3.8) is 0 Å². The van der Waals surface area contributed by atoms with Crippen molar-refractivity contribution in [1.82, 2.24) is 0 Å². The minimum Gasteiger partial charge on any atom is -0.485 e. The molecule has 2 aliphatic carbocycles. The number of carboxylic acid groups (broad SMARTS) is 1. The van der Waals surface area contributed by atoms with Crippen LogP contribution in [0.2, 0.25) is 5.02 Å². The molecule has 0 bridgehead atoms. The number of hydrogen-bond donors (Lipinski definition) is 3. The average molecular weight is 445 g/mol. The fourth-order valence-electron chi connectivity index (χ4n) is 3.62. The van der Waals surface area contributed by atoms with Gasteiger partial charge in [-0.25, -0.2) is 4.79 Å². The highest BCUT2D eigenvalue weighted by Gasteiger charge is 2.29. The van der Waals surface area contributed by atoms with Crippen LogP contribution < -0.4 is 9.46 Å².